The van der Waals surface area contributed by atoms with Gasteiger partial charge in [0.2, 0.25) is 0 Å². The van der Waals surface area contributed by atoms with Gasteiger partial charge in [0.15, 0.2) is 0 Å². The van der Waals surface area contributed by atoms with E-state index in [-0.39, 0.29) is 0 Å². The van der Waals surface area contributed by atoms with Crippen molar-refractivity contribution in [2.24, 2.45) is 0 Å². The summed E-state index contributed by atoms with van der Waals surface area (Å²) in [7, 11) is -3.67. The molecule has 4 nitrogen and oxygen atoms in total. The standard InChI is InChI=1S/C9H11N.CH4O3S/c1-8(2)7-9-5-3-4-6-10-9;1-5(2,3)4/h3-7H,1-2H3;1H3,(H,2,3,4). The summed E-state index contributed by atoms with van der Waals surface area (Å²) in [5.74, 6) is 0. The van der Waals surface area contributed by atoms with Crippen LogP contribution in [-0.2, 0) is 10.1 Å². The molecule has 0 saturated carbocycles. The molecule has 84 valence electrons. The number of hydrogen-bond acceptors (Lipinski definition) is 3. The average Bonchev–Trinajstić information content (AvgIpc) is 2.01. The number of pyridine rings is 1. The highest BCUT2D eigenvalue weighted by molar-refractivity contribution is 7.85. The molecule has 0 saturated heterocycles. The van der Waals surface area contributed by atoms with E-state index in [1.807, 2.05) is 18.2 Å². The fourth-order valence-corrected chi connectivity index (χ4v) is 0.757. The Kier molecular flexibility index (Phi) is 5.81. The molecule has 0 unspecified atom stereocenters. The van der Waals surface area contributed by atoms with Crippen molar-refractivity contribution >= 4 is 16.2 Å². The van der Waals surface area contributed by atoms with Gasteiger partial charge in [0.1, 0.15) is 0 Å². The SMILES string of the molecule is CC(C)=Cc1ccccn1.CS(=O)(=O)O. The zero-order valence-electron chi connectivity index (χ0n) is 9.01. The normalized spacial score (nSPS) is 9.87. The Hall–Kier alpha value is -1.20. The molecule has 0 bridgehead atoms. The van der Waals surface area contributed by atoms with E-state index in [4.69, 9.17) is 4.55 Å². The van der Waals surface area contributed by atoms with Crippen molar-refractivity contribution in [2.45, 2.75) is 13.8 Å². The lowest BCUT2D eigenvalue weighted by Gasteiger charge is -1.90. The topological polar surface area (TPSA) is 67.3 Å². The first-order chi connectivity index (χ1) is 6.79. The Labute approximate surface area is 90.4 Å². The van der Waals surface area contributed by atoms with Crippen LogP contribution in [0.1, 0.15) is 19.5 Å². The number of allylic oxidation sites excluding steroid dienone is 1. The van der Waals surface area contributed by atoms with Gasteiger partial charge in [-0.05, 0) is 32.1 Å². The van der Waals surface area contributed by atoms with Gasteiger partial charge in [-0.15, -0.1) is 0 Å². The first kappa shape index (κ1) is 13.8. The second kappa shape index (κ2) is 6.31. The number of rotatable bonds is 1. The molecule has 15 heavy (non-hydrogen) atoms. The second-order valence-corrected chi connectivity index (χ2v) is 4.68. The monoisotopic (exact) mass is 229 g/mol. The summed E-state index contributed by atoms with van der Waals surface area (Å²) in [6.45, 7) is 4.13. The molecule has 1 rings (SSSR count). The summed E-state index contributed by atoms with van der Waals surface area (Å²) in [6, 6.07) is 5.90. The van der Waals surface area contributed by atoms with Crippen LogP contribution in [-0.4, -0.2) is 24.2 Å². The molecule has 0 aliphatic carbocycles. The maximum absolute atomic E-state index is 9.19. The fourth-order valence-electron chi connectivity index (χ4n) is 0.757. The lowest BCUT2D eigenvalue weighted by atomic mass is 10.2. The van der Waals surface area contributed by atoms with Crippen molar-refractivity contribution in [3.63, 3.8) is 0 Å². The summed E-state index contributed by atoms with van der Waals surface area (Å²) in [6.07, 6.45) is 4.57. The Morgan fingerprint density at radius 2 is 1.93 bits per heavy atom. The van der Waals surface area contributed by atoms with Gasteiger partial charge in [0.05, 0.1) is 11.9 Å². The summed E-state index contributed by atoms with van der Waals surface area (Å²) in [5, 5.41) is 0. The van der Waals surface area contributed by atoms with Crippen LogP contribution in [0.4, 0.5) is 0 Å². The molecule has 0 aromatic carbocycles. The molecule has 1 aromatic rings. The predicted molar refractivity (Wildman–Crippen MR) is 61.0 cm³/mol. The van der Waals surface area contributed by atoms with Gasteiger partial charge in [-0.2, -0.15) is 8.42 Å². The first-order valence-electron chi connectivity index (χ1n) is 4.27. The zero-order chi connectivity index (χ0) is 11.9. The van der Waals surface area contributed by atoms with E-state index < -0.39 is 10.1 Å². The molecular formula is C10H15NO3S. The van der Waals surface area contributed by atoms with Crippen molar-refractivity contribution in [3.8, 4) is 0 Å². The van der Waals surface area contributed by atoms with E-state index in [1.54, 1.807) is 6.20 Å². The van der Waals surface area contributed by atoms with E-state index >= 15 is 0 Å². The summed E-state index contributed by atoms with van der Waals surface area (Å²) >= 11 is 0. The van der Waals surface area contributed by atoms with Crippen LogP contribution in [0.25, 0.3) is 6.08 Å². The van der Waals surface area contributed by atoms with Crippen LogP contribution >= 0.6 is 0 Å². The molecule has 0 spiro atoms. The van der Waals surface area contributed by atoms with E-state index in [0.29, 0.717) is 6.26 Å². The summed E-state index contributed by atoms with van der Waals surface area (Å²) in [5.41, 5.74) is 2.31. The van der Waals surface area contributed by atoms with Gasteiger partial charge in [-0.3, -0.25) is 9.54 Å². The molecule has 0 amide bonds. The maximum Gasteiger partial charge on any atom is 0.261 e. The van der Waals surface area contributed by atoms with Crippen LogP contribution < -0.4 is 0 Å². The third-order valence-electron chi connectivity index (χ3n) is 1.12. The van der Waals surface area contributed by atoms with Gasteiger partial charge < -0.3 is 0 Å². The molecule has 0 aliphatic rings. The largest absolute Gasteiger partial charge is 0.286 e. The third kappa shape index (κ3) is 12.8. The molecule has 5 heteroatoms. The van der Waals surface area contributed by atoms with Crippen LogP contribution in [0.2, 0.25) is 0 Å². The van der Waals surface area contributed by atoms with Crippen molar-refractivity contribution in [3.05, 3.63) is 35.7 Å². The lowest BCUT2D eigenvalue weighted by Crippen LogP contribution is -1.88. The minimum absolute atomic E-state index is 0.715. The van der Waals surface area contributed by atoms with Gasteiger partial charge in [0, 0.05) is 6.20 Å². The number of aromatic nitrogens is 1. The van der Waals surface area contributed by atoms with Gasteiger partial charge >= 0.3 is 0 Å². The summed E-state index contributed by atoms with van der Waals surface area (Å²) in [4.78, 5) is 4.14. The highest BCUT2D eigenvalue weighted by atomic mass is 32.2. The van der Waals surface area contributed by atoms with Crippen molar-refractivity contribution < 1.29 is 13.0 Å². The van der Waals surface area contributed by atoms with Gasteiger partial charge in [-0.25, -0.2) is 0 Å². The van der Waals surface area contributed by atoms with Gasteiger partial charge in [0.25, 0.3) is 10.1 Å². The van der Waals surface area contributed by atoms with Gasteiger partial charge in [-0.1, -0.05) is 11.6 Å². The van der Waals surface area contributed by atoms with E-state index in [9.17, 15) is 8.42 Å². The van der Waals surface area contributed by atoms with E-state index in [0.717, 1.165) is 5.69 Å². The Morgan fingerprint density at radius 3 is 2.27 bits per heavy atom. The quantitative estimate of drug-likeness (QED) is 0.748. The van der Waals surface area contributed by atoms with Crippen molar-refractivity contribution in [1.82, 2.24) is 4.98 Å². The summed E-state index contributed by atoms with van der Waals surface area (Å²) < 4.78 is 25.9. The zero-order valence-corrected chi connectivity index (χ0v) is 9.82. The van der Waals surface area contributed by atoms with E-state index in [1.165, 1.54) is 5.57 Å². The molecule has 0 atom stereocenters. The Bertz CT molecular complexity index is 398. The lowest BCUT2D eigenvalue weighted by molar-refractivity contribution is 0.490. The highest BCUT2D eigenvalue weighted by Gasteiger charge is 1.83. The fraction of sp³-hybridized carbons (Fsp3) is 0.300. The predicted octanol–water partition coefficient (Wildman–Crippen LogP) is 2.01. The minimum atomic E-state index is -3.67. The molecule has 0 radical (unpaired) electrons. The van der Waals surface area contributed by atoms with Crippen LogP contribution in [0.3, 0.4) is 0 Å². The highest BCUT2D eigenvalue weighted by Crippen LogP contribution is 2.00. The van der Waals surface area contributed by atoms with Crippen LogP contribution in [0, 0.1) is 0 Å². The maximum atomic E-state index is 9.19. The molecule has 1 aromatic heterocycles. The number of nitrogens with zero attached hydrogens (tertiary/aromatic N) is 1. The Morgan fingerprint density at radius 1 is 1.40 bits per heavy atom. The third-order valence-corrected chi connectivity index (χ3v) is 1.12. The molecule has 0 aliphatic heterocycles. The van der Waals surface area contributed by atoms with Crippen LogP contribution in [0.5, 0.6) is 0 Å². The number of hydrogen-bond donors (Lipinski definition) is 1. The first-order valence-corrected chi connectivity index (χ1v) is 6.12. The van der Waals surface area contributed by atoms with E-state index in [2.05, 4.69) is 24.9 Å². The molecule has 1 N–H and O–H groups in total. The average molecular weight is 229 g/mol. The Balaban J connectivity index is 0.000000336. The smallest absolute Gasteiger partial charge is 0.261 e. The molecule has 0 fully saturated rings. The molecule has 1 heterocycles. The van der Waals surface area contributed by atoms with Crippen molar-refractivity contribution in [2.75, 3.05) is 6.26 Å². The minimum Gasteiger partial charge on any atom is -0.286 e. The van der Waals surface area contributed by atoms with Crippen molar-refractivity contribution in [1.29, 1.82) is 0 Å². The second-order valence-electron chi connectivity index (χ2n) is 3.21. The van der Waals surface area contributed by atoms with Crippen LogP contribution in [0.15, 0.2) is 30.0 Å². The molecular weight excluding hydrogens is 214 g/mol.